The third-order valence-corrected chi connectivity index (χ3v) is 9.74. The van der Waals surface area contributed by atoms with Crippen LogP contribution in [0, 0.1) is 16.7 Å². The smallest absolute Gasteiger partial charge is 0.275 e. The predicted octanol–water partition coefficient (Wildman–Crippen LogP) is 6.75. The molecule has 46 heavy (non-hydrogen) atoms. The van der Waals surface area contributed by atoms with Crippen molar-refractivity contribution in [3.8, 4) is 0 Å². The number of halogens is 2. The fraction of sp³-hybridized carbons (Fsp3) is 0.500. The number of nitrogens with zero attached hydrogens (tertiary/aromatic N) is 5. The Bertz CT molecular complexity index is 1590. The topological polar surface area (TPSA) is 133 Å². The van der Waals surface area contributed by atoms with E-state index in [1.807, 2.05) is 30.9 Å². The number of tetrazole rings is 1. The van der Waals surface area contributed by atoms with Crippen LogP contribution in [0.3, 0.4) is 0 Å². The van der Waals surface area contributed by atoms with Crippen LogP contribution in [0.5, 0.6) is 0 Å². The molecule has 2 amide bonds. The highest BCUT2D eigenvalue weighted by molar-refractivity contribution is 6.47. The highest BCUT2D eigenvalue weighted by atomic mass is 35.5. The number of carbonyl (C=O) groups excluding carboxylic acids is 3. The summed E-state index contributed by atoms with van der Waals surface area (Å²) in [4.78, 5) is 46.7. The van der Waals surface area contributed by atoms with E-state index >= 15 is 0 Å². The molecular formula is C34H41Cl2N7O3. The van der Waals surface area contributed by atoms with Gasteiger partial charge in [0.25, 0.3) is 11.8 Å². The van der Waals surface area contributed by atoms with E-state index < -0.39 is 11.1 Å². The van der Waals surface area contributed by atoms with Crippen LogP contribution in [0.1, 0.15) is 106 Å². The maximum absolute atomic E-state index is 14.6. The van der Waals surface area contributed by atoms with Crippen LogP contribution in [-0.4, -0.2) is 55.0 Å². The number of carbonyl (C=O) groups is 3. The molecule has 1 atom stereocenters. The lowest BCUT2D eigenvalue weighted by Gasteiger charge is -2.47. The zero-order valence-electron chi connectivity index (χ0n) is 26.9. The monoisotopic (exact) mass is 665 g/mol. The van der Waals surface area contributed by atoms with Gasteiger partial charge in [-0.25, -0.2) is 0 Å². The lowest BCUT2D eigenvalue weighted by Crippen LogP contribution is -2.51. The number of hydrogen-bond acceptors (Lipinski definition) is 7. The van der Waals surface area contributed by atoms with Crippen molar-refractivity contribution in [1.29, 1.82) is 0 Å². The number of aromatic nitrogens is 4. The Kier molecular flexibility index (Phi) is 9.70. The Balaban J connectivity index is 1.51. The molecule has 5 rings (SSSR count). The molecule has 2 aliphatic rings. The van der Waals surface area contributed by atoms with Crippen LogP contribution in [0.15, 0.2) is 47.5 Å². The van der Waals surface area contributed by atoms with Crippen molar-refractivity contribution in [2.24, 2.45) is 21.7 Å². The summed E-state index contributed by atoms with van der Waals surface area (Å²) in [7, 11) is 0. The van der Waals surface area contributed by atoms with Gasteiger partial charge in [0.05, 0.1) is 12.6 Å². The third kappa shape index (κ3) is 7.33. The molecule has 244 valence electrons. The summed E-state index contributed by atoms with van der Waals surface area (Å²) in [6.45, 7) is 10.7. The minimum atomic E-state index is -0.792. The third-order valence-electron chi connectivity index (χ3n) is 9.30. The molecule has 10 nitrogen and oxygen atoms in total. The Morgan fingerprint density at radius 2 is 1.74 bits per heavy atom. The lowest BCUT2D eigenvalue weighted by atomic mass is 9.69. The summed E-state index contributed by atoms with van der Waals surface area (Å²) in [6, 6.07) is 12.2. The van der Waals surface area contributed by atoms with Crippen LogP contribution < -0.4 is 5.32 Å². The molecule has 0 radical (unpaired) electrons. The van der Waals surface area contributed by atoms with Crippen molar-refractivity contribution >= 4 is 47.0 Å². The molecule has 0 saturated heterocycles. The van der Waals surface area contributed by atoms with Crippen molar-refractivity contribution in [2.45, 2.75) is 91.4 Å². The second-order valence-corrected chi connectivity index (χ2v) is 15.1. The van der Waals surface area contributed by atoms with Crippen molar-refractivity contribution in [1.82, 2.24) is 30.8 Å². The molecule has 1 saturated carbocycles. The molecule has 2 heterocycles. The Labute approximate surface area is 279 Å². The first kappa shape index (κ1) is 33.7. The molecule has 1 fully saturated rings. The zero-order valence-corrected chi connectivity index (χ0v) is 28.5. The van der Waals surface area contributed by atoms with Crippen molar-refractivity contribution in [3.63, 3.8) is 0 Å². The summed E-state index contributed by atoms with van der Waals surface area (Å²) < 4.78 is 0. The SMILES string of the molecule is CC(C)(C)CC[C@H](c1ccc(C(=O)NCc2nn[nH]n2)cc1)N1C(=O)C(c2cc(Cl)cc(Cl)c2)=NC12CCC(C(C)(C)C=O)CC2. The minimum Gasteiger partial charge on any atom is -0.345 e. The first-order chi connectivity index (χ1) is 21.7. The van der Waals surface area contributed by atoms with Gasteiger partial charge in [0.2, 0.25) is 0 Å². The number of hydrogen-bond donors (Lipinski definition) is 2. The first-order valence-corrected chi connectivity index (χ1v) is 16.4. The van der Waals surface area contributed by atoms with Crippen LogP contribution in [0.4, 0.5) is 0 Å². The van der Waals surface area contributed by atoms with Crippen molar-refractivity contribution in [2.75, 3.05) is 0 Å². The molecular weight excluding hydrogens is 625 g/mol. The van der Waals surface area contributed by atoms with Gasteiger partial charge in [0.1, 0.15) is 17.7 Å². The quantitative estimate of drug-likeness (QED) is 0.230. The number of benzene rings is 2. The lowest BCUT2D eigenvalue weighted by molar-refractivity contribution is -0.135. The van der Waals surface area contributed by atoms with E-state index in [9.17, 15) is 14.4 Å². The van der Waals surface area contributed by atoms with Crippen LogP contribution in [0.2, 0.25) is 10.0 Å². The van der Waals surface area contributed by atoms with Gasteiger partial charge < -0.3 is 15.0 Å². The second-order valence-electron chi connectivity index (χ2n) is 14.2. The minimum absolute atomic E-state index is 0.0129. The standard InChI is InChI=1S/C34H41Cl2N7O3/c1-32(2,3)13-12-27(21-6-8-22(9-7-21)30(45)37-19-28-39-41-42-40-28)43-31(46)29(23-16-25(35)18-26(36)17-23)38-34(43)14-10-24(11-15-34)33(4,5)20-44/h6-9,16-18,20,24,27H,10-15,19H2,1-5H3,(H,37,45)(H,39,40,41,42)/t24?,27-,34?/m1/s1. The Morgan fingerprint density at radius 3 is 2.30 bits per heavy atom. The molecule has 0 bridgehead atoms. The fourth-order valence-corrected chi connectivity index (χ4v) is 7.11. The molecule has 1 spiro atoms. The van der Waals surface area contributed by atoms with Gasteiger partial charge in [0, 0.05) is 26.6 Å². The van der Waals surface area contributed by atoms with Crippen LogP contribution >= 0.6 is 23.2 Å². The fourth-order valence-electron chi connectivity index (χ4n) is 6.59. The number of aldehydes is 1. The van der Waals surface area contributed by atoms with E-state index in [2.05, 4.69) is 46.7 Å². The van der Waals surface area contributed by atoms with Crippen LogP contribution in [-0.2, 0) is 16.1 Å². The van der Waals surface area contributed by atoms with Gasteiger partial charge in [-0.1, -0.05) is 75.2 Å². The van der Waals surface area contributed by atoms with Crippen LogP contribution in [0.25, 0.3) is 0 Å². The van der Waals surface area contributed by atoms with E-state index in [1.54, 1.807) is 30.3 Å². The second kappa shape index (κ2) is 13.2. The van der Waals surface area contributed by atoms with Gasteiger partial charge in [0.15, 0.2) is 5.82 Å². The van der Waals surface area contributed by atoms with Gasteiger partial charge >= 0.3 is 0 Å². The number of aliphatic imine (C=N–C) groups is 1. The zero-order chi connectivity index (χ0) is 33.3. The van der Waals surface area contributed by atoms with Crippen molar-refractivity contribution < 1.29 is 14.4 Å². The largest absolute Gasteiger partial charge is 0.345 e. The molecule has 1 aliphatic heterocycles. The highest BCUT2D eigenvalue weighted by Gasteiger charge is 2.53. The number of amides is 2. The van der Waals surface area contributed by atoms with E-state index in [0.29, 0.717) is 52.0 Å². The maximum atomic E-state index is 14.6. The average Bonchev–Trinajstić information content (AvgIpc) is 3.62. The summed E-state index contributed by atoms with van der Waals surface area (Å²) in [5.74, 6) is 0.127. The number of rotatable bonds is 10. The van der Waals surface area contributed by atoms with Gasteiger partial charge in [-0.3, -0.25) is 14.6 Å². The molecule has 1 aromatic heterocycles. The average molecular weight is 667 g/mol. The number of aromatic amines is 1. The molecule has 2 aromatic carbocycles. The van der Waals surface area contributed by atoms with E-state index in [0.717, 1.165) is 31.1 Å². The first-order valence-electron chi connectivity index (χ1n) is 15.7. The number of H-pyrrole nitrogens is 1. The van der Waals surface area contributed by atoms with E-state index in [1.165, 1.54) is 0 Å². The van der Waals surface area contributed by atoms with Gasteiger partial charge in [-0.15, -0.1) is 10.2 Å². The summed E-state index contributed by atoms with van der Waals surface area (Å²) in [5.41, 5.74) is 1.08. The summed E-state index contributed by atoms with van der Waals surface area (Å²) in [5, 5.41) is 17.3. The Hall–Kier alpha value is -3.63. The molecule has 1 aliphatic carbocycles. The maximum Gasteiger partial charge on any atom is 0.275 e. The molecule has 2 N–H and O–H groups in total. The molecule has 3 aromatic rings. The van der Waals surface area contributed by atoms with E-state index in [-0.39, 0.29) is 35.7 Å². The summed E-state index contributed by atoms with van der Waals surface area (Å²) in [6.07, 6.45) is 5.36. The van der Waals surface area contributed by atoms with Crippen molar-refractivity contribution in [3.05, 3.63) is 75.0 Å². The predicted molar refractivity (Wildman–Crippen MR) is 178 cm³/mol. The van der Waals surface area contributed by atoms with E-state index in [4.69, 9.17) is 28.2 Å². The van der Waals surface area contributed by atoms with Gasteiger partial charge in [-0.2, -0.15) is 5.21 Å². The normalized spacial score (nSPS) is 20.9. The Morgan fingerprint density at radius 1 is 1.09 bits per heavy atom. The van der Waals surface area contributed by atoms with Gasteiger partial charge in [-0.05, 0) is 85.8 Å². The molecule has 12 heteroatoms. The molecule has 0 unspecified atom stereocenters. The highest BCUT2D eigenvalue weighted by Crippen LogP contribution is 2.50. The number of nitrogens with one attached hydrogen (secondary N) is 2. The summed E-state index contributed by atoms with van der Waals surface area (Å²) >= 11 is 12.8.